The van der Waals surface area contributed by atoms with Crippen molar-refractivity contribution >= 4 is 6.09 Å². The fourth-order valence-corrected chi connectivity index (χ4v) is 1.54. The number of alkyl halides is 2. The molecule has 0 aliphatic carbocycles. The van der Waals surface area contributed by atoms with Gasteiger partial charge >= 0.3 is 12.7 Å². The largest absolute Gasteiger partial charge is 0.493 e. The number of ether oxygens (including phenoxy) is 3. The van der Waals surface area contributed by atoms with Crippen molar-refractivity contribution < 1.29 is 27.8 Å². The van der Waals surface area contributed by atoms with E-state index in [1.54, 1.807) is 26.8 Å². The molecule has 0 saturated carbocycles. The van der Waals surface area contributed by atoms with E-state index in [2.05, 4.69) is 15.6 Å². The van der Waals surface area contributed by atoms with Crippen molar-refractivity contribution in [3.8, 4) is 11.5 Å². The first-order valence-corrected chi connectivity index (χ1v) is 6.55. The lowest BCUT2D eigenvalue weighted by atomic mass is 10.2. The van der Waals surface area contributed by atoms with Crippen LogP contribution in [0.4, 0.5) is 13.6 Å². The molecule has 8 heteroatoms. The van der Waals surface area contributed by atoms with Gasteiger partial charge in [-0.25, -0.2) is 10.2 Å². The van der Waals surface area contributed by atoms with Crippen molar-refractivity contribution in [2.24, 2.45) is 0 Å². The van der Waals surface area contributed by atoms with Crippen LogP contribution in [0.15, 0.2) is 18.2 Å². The van der Waals surface area contributed by atoms with Crippen LogP contribution in [-0.4, -0.2) is 25.4 Å². The van der Waals surface area contributed by atoms with Crippen LogP contribution in [0.2, 0.25) is 0 Å². The molecule has 0 heterocycles. The molecule has 0 aliphatic heterocycles. The number of methoxy groups -OCH3 is 1. The average molecular weight is 318 g/mol. The zero-order valence-corrected chi connectivity index (χ0v) is 12.9. The van der Waals surface area contributed by atoms with Gasteiger partial charge < -0.3 is 14.2 Å². The molecule has 6 nitrogen and oxygen atoms in total. The number of halogens is 2. The summed E-state index contributed by atoms with van der Waals surface area (Å²) < 4.78 is 39.0. The molecular formula is C14H20F2N2O4. The number of benzene rings is 1. The average Bonchev–Trinajstić information content (AvgIpc) is 2.36. The van der Waals surface area contributed by atoms with Crippen LogP contribution in [0.5, 0.6) is 11.5 Å². The van der Waals surface area contributed by atoms with Gasteiger partial charge in [0.25, 0.3) is 0 Å². The van der Waals surface area contributed by atoms with Gasteiger partial charge in [0.1, 0.15) is 5.60 Å². The second kappa shape index (κ2) is 7.79. The van der Waals surface area contributed by atoms with Crippen LogP contribution in [0, 0.1) is 0 Å². The Balaban J connectivity index is 2.57. The predicted molar refractivity (Wildman–Crippen MR) is 75.8 cm³/mol. The fraction of sp³-hybridized carbons (Fsp3) is 0.500. The highest BCUT2D eigenvalue weighted by Crippen LogP contribution is 2.29. The Labute approximate surface area is 127 Å². The second-order valence-electron chi connectivity index (χ2n) is 5.34. The standard InChI is InChI=1S/C14H20F2N2O4/c1-14(2,3)22-13(19)18-17-8-9-5-6-10(20-4)11(7-9)21-12(15)16/h5-7,12,17H,8H2,1-4H3,(H,18,19). The van der Waals surface area contributed by atoms with E-state index in [9.17, 15) is 13.6 Å². The van der Waals surface area contributed by atoms with Crippen molar-refractivity contribution in [2.45, 2.75) is 39.5 Å². The molecule has 0 aliphatic rings. The van der Waals surface area contributed by atoms with Gasteiger partial charge in [0.15, 0.2) is 11.5 Å². The van der Waals surface area contributed by atoms with E-state index >= 15 is 0 Å². The predicted octanol–water partition coefficient (Wildman–Crippen LogP) is 2.83. The van der Waals surface area contributed by atoms with E-state index in [0.717, 1.165) is 0 Å². The number of hydrogen-bond donors (Lipinski definition) is 2. The first-order chi connectivity index (χ1) is 10.2. The molecule has 0 spiro atoms. The quantitative estimate of drug-likeness (QED) is 0.789. The van der Waals surface area contributed by atoms with Crippen molar-refractivity contribution in [3.05, 3.63) is 23.8 Å². The lowest BCUT2D eigenvalue weighted by molar-refractivity contribution is -0.0512. The van der Waals surface area contributed by atoms with E-state index in [1.165, 1.54) is 19.2 Å². The van der Waals surface area contributed by atoms with Crippen LogP contribution in [0.1, 0.15) is 26.3 Å². The van der Waals surface area contributed by atoms with E-state index in [4.69, 9.17) is 9.47 Å². The molecule has 1 amide bonds. The molecule has 0 aromatic heterocycles. The van der Waals surface area contributed by atoms with Crippen LogP contribution < -0.4 is 20.3 Å². The van der Waals surface area contributed by atoms with Crippen molar-refractivity contribution in [1.82, 2.24) is 10.9 Å². The highest BCUT2D eigenvalue weighted by Gasteiger charge is 2.16. The molecule has 2 N–H and O–H groups in total. The molecule has 0 unspecified atom stereocenters. The summed E-state index contributed by atoms with van der Waals surface area (Å²) in [7, 11) is 1.36. The fourth-order valence-electron chi connectivity index (χ4n) is 1.54. The molecule has 22 heavy (non-hydrogen) atoms. The summed E-state index contributed by atoms with van der Waals surface area (Å²) in [4.78, 5) is 11.4. The zero-order valence-electron chi connectivity index (χ0n) is 12.9. The topological polar surface area (TPSA) is 68.8 Å². The minimum atomic E-state index is -2.95. The third-order valence-electron chi connectivity index (χ3n) is 2.33. The van der Waals surface area contributed by atoms with E-state index < -0.39 is 18.3 Å². The minimum Gasteiger partial charge on any atom is -0.493 e. The number of nitrogens with one attached hydrogen (secondary N) is 2. The maximum absolute atomic E-state index is 12.3. The van der Waals surface area contributed by atoms with Gasteiger partial charge in [-0.15, -0.1) is 0 Å². The van der Waals surface area contributed by atoms with Gasteiger partial charge in [0.2, 0.25) is 0 Å². The summed E-state index contributed by atoms with van der Waals surface area (Å²) in [6.45, 7) is 2.47. The molecule has 0 fully saturated rings. The second-order valence-corrected chi connectivity index (χ2v) is 5.34. The van der Waals surface area contributed by atoms with Crippen LogP contribution in [0.25, 0.3) is 0 Å². The Morgan fingerprint density at radius 3 is 2.50 bits per heavy atom. The summed E-state index contributed by atoms with van der Waals surface area (Å²) in [5.74, 6) is 0.123. The maximum Gasteiger partial charge on any atom is 0.422 e. The summed E-state index contributed by atoms with van der Waals surface area (Å²) in [5.41, 5.74) is 4.99. The SMILES string of the molecule is COc1ccc(CNNC(=O)OC(C)(C)C)cc1OC(F)F. The van der Waals surface area contributed by atoms with Crippen LogP contribution >= 0.6 is 0 Å². The number of amides is 1. The first-order valence-electron chi connectivity index (χ1n) is 6.55. The summed E-state index contributed by atoms with van der Waals surface area (Å²) >= 11 is 0. The van der Waals surface area contributed by atoms with Crippen LogP contribution in [-0.2, 0) is 11.3 Å². The Hall–Kier alpha value is -2.09. The van der Waals surface area contributed by atoms with Gasteiger partial charge in [-0.3, -0.25) is 5.43 Å². The first kappa shape index (κ1) is 18.0. The molecule has 1 aromatic rings. The normalized spacial score (nSPS) is 11.2. The number of hydrogen-bond acceptors (Lipinski definition) is 5. The third-order valence-corrected chi connectivity index (χ3v) is 2.33. The number of carbonyl (C=O) groups excluding carboxylic acids is 1. The lowest BCUT2D eigenvalue weighted by Gasteiger charge is -2.20. The van der Waals surface area contributed by atoms with E-state index in [-0.39, 0.29) is 18.0 Å². The zero-order chi connectivity index (χ0) is 16.8. The van der Waals surface area contributed by atoms with E-state index in [0.29, 0.717) is 5.56 Å². The van der Waals surface area contributed by atoms with Crippen molar-refractivity contribution in [3.63, 3.8) is 0 Å². The molecule has 124 valence electrons. The molecule has 0 bridgehead atoms. The van der Waals surface area contributed by atoms with Crippen LogP contribution in [0.3, 0.4) is 0 Å². The number of carbonyl (C=O) groups is 1. The Morgan fingerprint density at radius 2 is 1.95 bits per heavy atom. The van der Waals surface area contributed by atoms with Gasteiger partial charge in [-0.05, 0) is 38.5 Å². The van der Waals surface area contributed by atoms with Gasteiger partial charge in [0, 0.05) is 6.54 Å². The van der Waals surface area contributed by atoms with Gasteiger partial charge in [0.05, 0.1) is 7.11 Å². The molecule has 1 aromatic carbocycles. The third kappa shape index (κ3) is 6.57. The van der Waals surface area contributed by atoms with Crippen molar-refractivity contribution in [2.75, 3.05) is 7.11 Å². The van der Waals surface area contributed by atoms with Gasteiger partial charge in [-0.2, -0.15) is 8.78 Å². The van der Waals surface area contributed by atoms with Crippen molar-refractivity contribution in [1.29, 1.82) is 0 Å². The Kier molecular flexibility index (Phi) is 6.36. The summed E-state index contributed by atoms with van der Waals surface area (Å²) in [6.07, 6.45) is -0.634. The van der Waals surface area contributed by atoms with Gasteiger partial charge in [-0.1, -0.05) is 6.07 Å². The Morgan fingerprint density at radius 1 is 1.27 bits per heavy atom. The highest BCUT2D eigenvalue weighted by atomic mass is 19.3. The molecule has 0 saturated heterocycles. The lowest BCUT2D eigenvalue weighted by Crippen LogP contribution is -2.40. The van der Waals surface area contributed by atoms with E-state index in [1.807, 2.05) is 0 Å². The minimum absolute atomic E-state index is 0.0749. The maximum atomic E-state index is 12.3. The smallest absolute Gasteiger partial charge is 0.422 e. The number of hydrazine groups is 1. The molecule has 0 radical (unpaired) electrons. The summed E-state index contributed by atoms with van der Waals surface area (Å²) in [5, 5.41) is 0. The molecular weight excluding hydrogens is 298 g/mol. The molecule has 0 atom stereocenters. The number of rotatable bonds is 6. The highest BCUT2D eigenvalue weighted by molar-refractivity contribution is 5.67. The summed E-state index contributed by atoms with van der Waals surface area (Å²) in [6, 6.07) is 4.55. The Bertz CT molecular complexity index is 504. The molecule has 1 rings (SSSR count). The monoisotopic (exact) mass is 318 g/mol.